The molecule has 0 heterocycles. The van der Waals surface area contributed by atoms with E-state index in [4.69, 9.17) is 4.74 Å². The topological polar surface area (TPSA) is 45.7 Å². The molecule has 1 rings (SSSR count). The van der Waals surface area contributed by atoms with Gasteiger partial charge >= 0.3 is 0 Å². The first-order valence-electron chi connectivity index (χ1n) is 6.52. The van der Waals surface area contributed by atoms with Crippen LogP contribution in [0.5, 0.6) is 0 Å². The number of rotatable bonds is 5. The Kier molecular flexibility index (Phi) is 5.83. The lowest BCUT2D eigenvalue weighted by molar-refractivity contribution is 0.0268. The summed E-state index contributed by atoms with van der Waals surface area (Å²) in [4.78, 5) is 4.20. The Morgan fingerprint density at radius 1 is 1.32 bits per heavy atom. The smallest absolute Gasteiger partial charge is 0.191 e. The Bertz CT molecular complexity index is 427. The molecule has 0 unspecified atom stereocenters. The third-order valence-corrected chi connectivity index (χ3v) is 3.00. The van der Waals surface area contributed by atoms with Crippen LogP contribution in [0.4, 0.5) is 0 Å². The summed E-state index contributed by atoms with van der Waals surface area (Å²) in [6.07, 6.45) is 0. The van der Waals surface area contributed by atoms with Gasteiger partial charge in [-0.05, 0) is 26.3 Å². The number of aryl methyl sites for hydroxylation is 1. The normalized spacial score (nSPS) is 12.4. The van der Waals surface area contributed by atoms with Crippen LogP contribution >= 0.6 is 0 Å². The molecule has 2 N–H and O–H groups in total. The lowest BCUT2D eigenvalue weighted by Crippen LogP contribution is -2.45. The van der Waals surface area contributed by atoms with E-state index in [1.165, 1.54) is 11.1 Å². The second-order valence-electron chi connectivity index (χ2n) is 5.23. The van der Waals surface area contributed by atoms with Gasteiger partial charge in [0.05, 0.1) is 5.60 Å². The molecule has 0 aliphatic heterocycles. The minimum Gasteiger partial charge on any atom is -0.377 e. The molecule has 0 spiro atoms. The average Bonchev–Trinajstić information content (AvgIpc) is 2.39. The summed E-state index contributed by atoms with van der Waals surface area (Å²) in [7, 11) is 3.48. The number of hydrogen-bond acceptors (Lipinski definition) is 2. The molecule has 1 aromatic rings. The van der Waals surface area contributed by atoms with E-state index in [0.717, 1.165) is 12.5 Å². The van der Waals surface area contributed by atoms with Crippen molar-refractivity contribution in [2.75, 3.05) is 20.7 Å². The Balaban J connectivity index is 2.46. The van der Waals surface area contributed by atoms with Crippen molar-refractivity contribution in [2.24, 2.45) is 4.99 Å². The van der Waals surface area contributed by atoms with Crippen LogP contribution in [0.15, 0.2) is 29.3 Å². The van der Waals surface area contributed by atoms with Gasteiger partial charge < -0.3 is 15.4 Å². The molecule has 0 saturated heterocycles. The molecule has 0 aromatic heterocycles. The molecule has 0 radical (unpaired) electrons. The van der Waals surface area contributed by atoms with E-state index >= 15 is 0 Å². The molecule has 0 fully saturated rings. The van der Waals surface area contributed by atoms with E-state index in [-0.39, 0.29) is 5.60 Å². The molecule has 1 aromatic carbocycles. The third kappa shape index (κ3) is 5.75. The van der Waals surface area contributed by atoms with Gasteiger partial charge in [0.2, 0.25) is 0 Å². The Hall–Kier alpha value is -1.55. The van der Waals surface area contributed by atoms with E-state index in [1.807, 2.05) is 13.8 Å². The molecule has 0 bridgehead atoms. The van der Waals surface area contributed by atoms with Crippen molar-refractivity contribution in [1.29, 1.82) is 0 Å². The van der Waals surface area contributed by atoms with E-state index in [2.05, 4.69) is 46.8 Å². The van der Waals surface area contributed by atoms with Gasteiger partial charge in [-0.25, -0.2) is 0 Å². The van der Waals surface area contributed by atoms with Crippen LogP contribution in [0, 0.1) is 6.92 Å². The first-order valence-corrected chi connectivity index (χ1v) is 6.52. The zero-order chi connectivity index (χ0) is 14.3. The molecule has 0 aliphatic rings. The van der Waals surface area contributed by atoms with E-state index in [0.29, 0.717) is 6.54 Å². The number of benzene rings is 1. The number of hydrogen-bond donors (Lipinski definition) is 2. The Morgan fingerprint density at radius 3 is 2.63 bits per heavy atom. The number of ether oxygens (including phenoxy) is 1. The van der Waals surface area contributed by atoms with Gasteiger partial charge in [0, 0.05) is 27.2 Å². The van der Waals surface area contributed by atoms with Crippen LogP contribution in [0.25, 0.3) is 0 Å². The fraction of sp³-hybridized carbons (Fsp3) is 0.533. The number of nitrogens with one attached hydrogen (secondary N) is 2. The van der Waals surface area contributed by atoms with Gasteiger partial charge in [-0.15, -0.1) is 0 Å². The van der Waals surface area contributed by atoms with Crippen LogP contribution < -0.4 is 10.6 Å². The van der Waals surface area contributed by atoms with Crippen LogP contribution in [0.2, 0.25) is 0 Å². The molecule has 0 aliphatic carbocycles. The largest absolute Gasteiger partial charge is 0.377 e. The van der Waals surface area contributed by atoms with Crippen LogP contribution in [0.1, 0.15) is 25.0 Å². The SMILES string of the molecule is CN=C(NCc1cccc(C)c1)NCC(C)(C)OC. The van der Waals surface area contributed by atoms with Crippen molar-refractivity contribution in [1.82, 2.24) is 10.6 Å². The summed E-state index contributed by atoms with van der Waals surface area (Å²) in [5.41, 5.74) is 2.30. The summed E-state index contributed by atoms with van der Waals surface area (Å²) < 4.78 is 5.37. The molecular weight excluding hydrogens is 238 g/mol. The van der Waals surface area contributed by atoms with Crippen LogP contribution in [-0.4, -0.2) is 32.3 Å². The first kappa shape index (κ1) is 15.5. The van der Waals surface area contributed by atoms with Gasteiger partial charge in [0.25, 0.3) is 0 Å². The number of aliphatic imine (C=N–C) groups is 1. The van der Waals surface area contributed by atoms with E-state index in [9.17, 15) is 0 Å². The van der Waals surface area contributed by atoms with Gasteiger partial charge in [-0.1, -0.05) is 29.8 Å². The van der Waals surface area contributed by atoms with E-state index < -0.39 is 0 Å². The third-order valence-electron chi connectivity index (χ3n) is 3.00. The fourth-order valence-electron chi connectivity index (χ4n) is 1.60. The maximum atomic E-state index is 5.37. The van der Waals surface area contributed by atoms with Gasteiger partial charge in [-0.3, -0.25) is 4.99 Å². The summed E-state index contributed by atoms with van der Waals surface area (Å²) in [6, 6.07) is 8.43. The molecule has 0 atom stereocenters. The zero-order valence-electron chi connectivity index (χ0n) is 12.6. The van der Waals surface area contributed by atoms with Gasteiger partial charge in [0.15, 0.2) is 5.96 Å². The highest BCUT2D eigenvalue weighted by atomic mass is 16.5. The van der Waals surface area contributed by atoms with Crippen LogP contribution in [0.3, 0.4) is 0 Å². The molecule has 0 amide bonds. The van der Waals surface area contributed by atoms with Crippen molar-refractivity contribution in [2.45, 2.75) is 32.9 Å². The van der Waals surface area contributed by atoms with Crippen molar-refractivity contribution >= 4 is 5.96 Å². The highest BCUT2D eigenvalue weighted by molar-refractivity contribution is 5.79. The molecular formula is C15H25N3O. The standard InChI is InChI=1S/C15H25N3O/c1-12-7-6-8-13(9-12)10-17-14(16-4)18-11-15(2,3)19-5/h6-9H,10-11H2,1-5H3,(H2,16,17,18). The minimum absolute atomic E-state index is 0.207. The van der Waals surface area contributed by atoms with Gasteiger partial charge in [0.1, 0.15) is 0 Å². The maximum absolute atomic E-state index is 5.37. The minimum atomic E-state index is -0.207. The molecule has 0 saturated carbocycles. The Morgan fingerprint density at radius 2 is 2.05 bits per heavy atom. The predicted molar refractivity (Wildman–Crippen MR) is 80.5 cm³/mol. The second kappa shape index (κ2) is 7.14. The van der Waals surface area contributed by atoms with Crippen LogP contribution in [-0.2, 0) is 11.3 Å². The highest BCUT2D eigenvalue weighted by Gasteiger charge is 2.16. The molecule has 106 valence electrons. The number of methoxy groups -OCH3 is 1. The zero-order valence-corrected chi connectivity index (χ0v) is 12.6. The van der Waals surface area contributed by atoms with Crippen molar-refractivity contribution in [3.8, 4) is 0 Å². The lowest BCUT2D eigenvalue weighted by Gasteiger charge is -2.24. The maximum Gasteiger partial charge on any atom is 0.191 e. The fourth-order valence-corrected chi connectivity index (χ4v) is 1.60. The molecule has 4 heteroatoms. The monoisotopic (exact) mass is 263 g/mol. The molecule has 4 nitrogen and oxygen atoms in total. The van der Waals surface area contributed by atoms with Gasteiger partial charge in [-0.2, -0.15) is 0 Å². The summed E-state index contributed by atoms with van der Waals surface area (Å²) in [6.45, 7) is 7.63. The predicted octanol–water partition coefficient (Wildman–Crippen LogP) is 2.09. The van der Waals surface area contributed by atoms with Crippen molar-refractivity contribution < 1.29 is 4.74 Å². The number of nitrogens with zero attached hydrogens (tertiary/aromatic N) is 1. The summed E-state index contributed by atoms with van der Waals surface area (Å²) >= 11 is 0. The average molecular weight is 263 g/mol. The molecule has 19 heavy (non-hydrogen) atoms. The summed E-state index contributed by atoms with van der Waals surface area (Å²) in [5, 5.41) is 6.55. The lowest BCUT2D eigenvalue weighted by atomic mass is 10.1. The van der Waals surface area contributed by atoms with E-state index in [1.54, 1.807) is 14.2 Å². The Labute approximate surface area is 116 Å². The van der Waals surface area contributed by atoms with Crippen molar-refractivity contribution in [3.05, 3.63) is 35.4 Å². The number of guanidine groups is 1. The second-order valence-corrected chi connectivity index (χ2v) is 5.23. The quantitative estimate of drug-likeness (QED) is 0.631. The summed E-state index contributed by atoms with van der Waals surface area (Å²) in [5.74, 6) is 0.784. The van der Waals surface area contributed by atoms with Crippen molar-refractivity contribution in [3.63, 3.8) is 0 Å². The first-order chi connectivity index (χ1) is 8.96. The highest BCUT2D eigenvalue weighted by Crippen LogP contribution is 2.05.